The summed E-state index contributed by atoms with van der Waals surface area (Å²) in [6.45, 7) is 2.62. The second-order valence-electron chi connectivity index (χ2n) is 6.36. The highest BCUT2D eigenvalue weighted by Gasteiger charge is 2.20. The van der Waals surface area contributed by atoms with Crippen LogP contribution >= 0.6 is 11.8 Å². The molecule has 6 heteroatoms. The summed E-state index contributed by atoms with van der Waals surface area (Å²) in [5, 5.41) is 6.21. The number of benzene rings is 1. The third-order valence-corrected chi connectivity index (χ3v) is 5.51. The number of hydrogen-bond donors (Lipinski definition) is 2. The number of thioether (sulfide) groups is 1. The number of hydrogen-bond acceptors (Lipinski definition) is 4. The third kappa shape index (κ3) is 4.74. The quantitative estimate of drug-likeness (QED) is 0.873. The van der Waals surface area contributed by atoms with E-state index in [0.717, 1.165) is 61.7 Å². The Bertz CT molecular complexity index is 513. The van der Waals surface area contributed by atoms with Gasteiger partial charge in [0, 0.05) is 30.3 Å². The minimum atomic E-state index is -0.0861. The van der Waals surface area contributed by atoms with E-state index >= 15 is 0 Å². The first-order chi connectivity index (χ1) is 11.7. The lowest BCUT2D eigenvalue weighted by Crippen LogP contribution is -2.43. The van der Waals surface area contributed by atoms with Gasteiger partial charge in [0.25, 0.3) is 0 Å². The SMILES string of the molecule is O=C(Nc1ccc(CC(=O)N2CCSCC2)cc1)C1CCCCN1. The molecule has 5 nitrogen and oxygen atoms in total. The summed E-state index contributed by atoms with van der Waals surface area (Å²) in [5.74, 6) is 2.29. The molecule has 2 saturated heterocycles. The molecule has 3 rings (SSSR count). The highest BCUT2D eigenvalue weighted by Crippen LogP contribution is 2.15. The highest BCUT2D eigenvalue weighted by molar-refractivity contribution is 7.99. The van der Waals surface area contributed by atoms with Crippen molar-refractivity contribution in [2.45, 2.75) is 31.7 Å². The highest BCUT2D eigenvalue weighted by atomic mass is 32.2. The molecule has 2 N–H and O–H groups in total. The van der Waals surface area contributed by atoms with Crippen LogP contribution in [0.1, 0.15) is 24.8 Å². The Morgan fingerprint density at radius 3 is 2.58 bits per heavy atom. The molecule has 1 atom stereocenters. The minimum absolute atomic E-state index is 0.0318. The van der Waals surface area contributed by atoms with E-state index in [2.05, 4.69) is 10.6 Å². The van der Waals surface area contributed by atoms with Crippen molar-refractivity contribution < 1.29 is 9.59 Å². The maximum atomic E-state index is 12.3. The van der Waals surface area contributed by atoms with Gasteiger partial charge in [-0.05, 0) is 37.1 Å². The molecule has 0 spiro atoms. The zero-order valence-electron chi connectivity index (χ0n) is 13.9. The van der Waals surface area contributed by atoms with Crippen LogP contribution in [0.4, 0.5) is 5.69 Å². The smallest absolute Gasteiger partial charge is 0.241 e. The fourth-order valence-corrected chi connectivity index (χ4v) is 4.01. The number of carbonyl (C=O) groups is 2. The zero-order valence-corrected chi connectivity index (χ0v) is 14.7. The summed E-state index contributed by atoms with van der Waals surface area (Å²) in [4.78, 5) is 26.4. The molecule has 24 heavy (non-hydrogen) atoms. The molecule has 2 aliphatic heterocycles. The van der Waals surface area contributed by atoms with Crippen LogP contribution in [0.5, 0.6) is 0 Å². The molecule has 1 aromatic rings. The lowest BCUT2D eigenvalue weighted by Gasteiger charge is -2.26. The minimum Gasteiger partial charge on any atom is -0.341 e. The number of anilines is 1. The number of carbonyl (C=O) groups excluding carboxylic acids is 2. The molecular formula is C18H25N3O2S. The molecule has 1 unspecified atom stereocenters. The monoisotopic (exact) mass is 347 g/mol. The van der Waals surface area contributed by atoms with Gasteiger partial charge in [-0.25, -0.2) is 0 Å². The standard InChI is InChI=1S/C18H25N3O2S/c22-17(21-9-11-24-12-10-21)13-14-4-6-15(7-5-14)20-18(23)16-3-1-2-8-19-16/h4-7,16,19H,1-3,8-13H2,(H,20,23). The van der Waals surface area contributed by atoms with Gasteiger partial charge in [-0.1, -0.05) is 18.6 Å². The third-order valence-electron chi connectivity index (χ3n) is 4.57. The van der Waals surface area contributed by atoms with Crippen LogP contribution in [0.3, 0.4) is 0 Å². The van der Waals surface area contributed by atoms with Crippen molar-refractivity contribution in [3.05, 3.63) is 29.8 Å². The second-order valence-corrected chi connectivity index (χ2v) is 7.58. The predicted molar refractivity (Wildman–Crippen MR) is 98.3 cm³/mol. The number of piperidine rings is 1. The summed E-state index contributed by atoms with van der Waals surface area (Å²) in [7, 11) is 0. The summed E-state index contributed by atoms with van der Waals surface area (Å²) in [6, 6.07) is 7.54. The molecule has 0 aliphatic carbocycles. The number of nitrogens with one attached hydrogen (secondary N) is 2. The van der Waals surface area contributed by atoms with E-state index in [0.29, 0.717) is 6.42 Å². The summed E-state index contributed by atoms with van der Waals surface area (Å²) >= 11 is 1.90. The first kappa shape index (κ1) is 17.3. The molecule has 0 radical (unpaired) electrons. The fourth-order valence-electron chi connectivity index (χ4n) is 3.11. The van der Waals surface area contributed by atoms with Crippen LogP contribution in [-0.2, 0) is 16.0 Å². The van der Waals surface area contributed by atoms with E-state index in [1.807, 2.05) is 40.9 Å². The molecule has 2 heterocycles. The summed E-state index contributed by atoms with van der Waals surface area (Å²) in [5.41, 5.74) is 1.78. The Balaban J connectivity index is 1.51. The van der Waals surface area contributed by atoms with E-state index in [4.69, 9.17) is 0 Å². The van der Waals surface area contributed by atoms with Crippen molar-refractivity contribution in [1.29, 1.82) is 0 Å². The van der Waals surface area contributed by atoms with E-state index in [1.54, 1.807) is 0 Å². The first-order valence-corrected chi connectivity index (χ1v) is 9.86. The van der Waals surface area contributed by atoms with Gasteiger partial charge in [0.15, 0.2) is 0 Å². The van der Waals surface area contributed by atoms with Gasteiger partial charge >= 0.3 is 0 Å². The van der Waals surface area contributed by atoms with Gasteiger partial charge < -0.3 is 15.5 Å². The molecule has 0 saturated carbocycles. The van der Waals surface area contributed by atoms with Crippen molar-refractivity contribution >= 4 is 29.3 Å². The van der Waals surface area contributed by atoms with Crippen molar-refractivity contribution in [2.24, 2.45) is 0 Å². The van der Waals surface area contributed by atoms with Crippen molar-refractivity contribution in [1.82, 2.24) is 10.2 Å². The van der Waals surface area contributed by atoms with Crippen LogP contribution in [0.2, 0.25) is 0 Å². The summed E-state index contributed by atoms with van der Waals surface area (Å²) in [6.07, 6.45) is 3.57. The van der Waals surface area contributed by atoms with Crippen LogP contribution in [0, 0.1) is 0 Å². The Hall–Kier alpha value is -1.53. The molecule has 2 aliphatic rings. The molecule has 1 aromatic carbocycles. The molecule has 2 fully saturated rings. The topological polar surface area (TPSA) is 61.4 Å². The van der Waals surface area contributed by atoms with Crippen LogP contribution in [-0.4, -0.2) is 53.9 Å². The molecule has 0 bridgehead atoms. The number of amides is 2. The Morgan fingerprint density at radius 1 is 1.17 bits per heavy atom. The Labute approximate surface area is 147 Å². The van der Waals surface area contributed by atoms with Gasteiger partial charge in [-0.15, -0.1) is 0 Å². The maximum absolute atomic E-state index is 12.3. The van der Waals surface area contributed by atoms with Crippen molar-refractivity contribution in [3.63, 3.8) is 0 Å². The second kappa shape index (κ2) is 8.53. The van der Waals surface area contributed by atoms with Crippen LogP contribution in [0.25, 0.3) is 0 Å². The van der Waals surface area contributed by atoms with E-state index in [9.17, 15) is 9.59 Å². The average Bonchev–Trinajstić information content (AvgIpc) is 2.65. The van der Waals surface area contributed by atoms with E-state index in [-0.39, 0.29) is 17.9 Å². The largest absolute Gasteiger partial charge is 0.341 e. The molecular weight excluding hydrogens is 322 g/mol. The zero-order chi connectivity index (χ0) is 16.8. The Kier molecular flexibility index (Phi) is 6.15. The number of rotatable bonds is 4. The fraction of sp³-hybridized carbons (Fsp3) is 0.556. The van der Waals surface area contributed by atoms with Crippen LogP contribution < -0.4 is 10.6 Å². The molecule has 0 aromatic heterocycles. The van der Waals surface area contributed by atoms with E-state index < -0.39 is 0 Å². The number of nitrogens with zero attached hydrogens (tertiary/aromatic N) is 1. The van der Waals surface area contributed by atoms with Crippen molar-refractivity contribution in [2.75, 3.05) is 36.5 Å². The van der Waals surface area contributed by atoms with Gasteiger partial charge in [0.1, 0.15) is 0 Å². The average molecular weight is 347 g/mol. The van der Waals surface area contributed by atoms with Crippen LogP contribution in [0.15, 0.2) is 24.3 Å². The lowest BCUT2D eigenvalue weighted by molar-refractivity contribution is -0.130. The van der Waals surface area contributed by atoms with E-state index in [1.165, 1.54) is 0 Å². The van der Waals surface area contributed by atoms with Gasteiger partial charge in [-0.3, -0.25) is 9.59 Å². The predicted octanol–water partition coefficient (Wildman–Crippen LogP) is 1.89. The summed E-state index contributed by atoms with van der Waals surface area (Å²) < 4.78 is 0. The van der Waals surface area contributed by atoms with Gasteiger partial charge in [-0.2, -0.15) is 11.8 Å². The first-order valence-electron chi connectivity index (χ1n) is 8.71. The van der Waals surface area contributed by atoms with Gasteiger partial charge in [0.05, 0.1) is 12.5 Å². The normalized spacial score (nSPS) is 21.3. The lowest BCUT2D eigenvalue weighted by atomic mass is 10.0. The Morgan fingerprint density at radius 2 is 1.92 bits per heavy atom. The van der Waals surface area contributed by atoms with Crippen molar-refractivity contribution in [3.8, 4) is 0 Å². The maximum Gasteiger partial charge on any atom is 0.241 e. The van der Waals surface area contributed by atoms with Gasteiger partial charge in [0.2, 0.25) is 11.8 Å². The molecule has 130 valence electrons. The molecule has 2 amide bonds.